The minimum atomic E-state index is -0.249. The van der Waals surface area contributed by atoms with E-state index in [0.29, 0.717) is 28.9 Å². The molecule has 39 heavy (non-hydrogen) atoms. The molecule has 2 N–H and O–H groups in total. The van der Waals surface area contributed by atoms with Crippen molar-refractivity contribution in [2.45, 2.75) is 32.7 Å². The summed E-state index contributed by atoms with van der Waals surface area (Å²) < 4.78 is 13.6. The average molecular weight is 526 g/mol. The zero-order valence-corrected chi connectivity index (χ0v) is 22.1. The molecular formula is C30H32FN7O. The monoisotopic (exact) mass is 525 g/mol. The van der Waals surface area contributed by atoms with E-state index in [0.717, 1.165) is 43.9 Å². The summed E-state index contributed by atoms with van der Waals surface area (Å²) in [7, 11) is 0. The fourth-order valence-electron chi connectivity index (χ4n) is 4.93. The van der Waals surface area contributed by atoms with Crippen LogP contribution in [0.5, 0.6) is 0 Å². The summed E-state index contributed by atoms with van der Waals surface area (Å²) in [6, 6.07) is 18.4. The normalized spacial score (nSPS) is 13.7. The minimum Gasteiger partial charge on any atom is -0.369 e. The van der Waals surface area contributed by atoms with E-state index in [1.165, 1.54) is 11.8 Å². The van der Waals surface area contributed by atoms with Crippen molar-refractivity contribution in [1.29, 1.82) is 0 Å². The number of carbonyl (C=O) groups is 1. The number of pyridine rings is 1. The Labute approximate surface area is 227 Å². The van der Waals surface area contributed by atoms with Crippen LogP contribution in [-0.2, 0) is 0 Å². The van der Waals surface area contributed by atoms with Crippen LogP contribution in [0, 0.1) is 12.7 Å². The van der Waals surface area contributed by atoms with Gasteiger partial charge in [-0.05, 0) is 92.9 Å². The number of anilines is 5. The van der Waals surface area contributed by atoms with Crippen molar-refractivity contribution in [3.05, 3.63) is 96.2 Å². The molecule has 1 aliphatic heterocycles. The van der Waals surface area contributed by atoms with Crippen molar-refractivity contribution in [3.8, 4) is 0 Å². The van der Waals surface area contributed by atoms with E-state index in [1.807, 2.05) is 53.7 Å². The van der Waals surface area contributed by atoms with Crippen LogP contribution in [0.25, 0.3) is 0 Å². The summed E-state index contributed by atoms with van der Waals surface area (Å²) in [6.45, 7) is 6.26. The molecule has 1 fully saturated rings. The summed E-state index contributed by atoms with van der Waals surface area (Å²) in [4.78, 5) is 30.4. The van der Waals surface area contributed by atoms with Gasteiger partial charge < -0.3 is 20.4 Å². The number of rotatable bonds is 8. The van der Waals surface area contributed by atoms with Gasteiger partial charge in [-0.1, -0.05) is 0 Å². The summed E-state index contributed by atoms with van der Waals surface area (Å²) in [6.07, 6.45) is 7.15. The maximum atomic E-state index is 13.6. The third kappa shape index (κ3) is 6.31. The van der Waals surface area contributed by atoms with E-state index in [-0.39, 0.29) is 11.7 Å². The lowest BCUT2D eigenvalue weighted by Crippen LogP contribution is -2.47. The molecule has 8 nitrogen and oxygen atoms in total. The van der Waals surface area contributed by atoms with Gasteiger partial charge in [0.2, 0.25) is 5.95 Å². The van der Waals surface area contributed by atoms with Gasteiger partial charge in [0.1, 0.15) is 11.6 Å². The van der Waals surface area contributed by atoms with Crippen LogP contribution in [-0.4, -0.2) is 51.4 Å². The number of nitrogens with one attached hydrogen (secondary N) is 2. The van der Waals surface area contributed by atoms with E-state index < -0.39 is 0 Å². The zero-order chi connectivity index (χ0) is 27.2. The van der Waals surface area contributed by atoms with Crippen LogP contribution >= 0.6 is 0 Å². The first kappa shape index (κ1) is 26.1. The Morgan fingerprint density at radius 1 is 0.974 bits per heavy atom. The predicted molar refractivity (Wildman–Crippen MR) is 152 cm³/mol. The van der Waals surface area contributed by atoms with Gasteiger partial charge in [0.15, 0.2) is 0 Å². The minimum absolute atomic E-state index is 0.0454. The highest BCUT2D eigenvalue weighted by molar-refractivity contribution is 5.94. The second-order valence-corrected chi connectivity index (χ2v) is 9.57. The van der Waals surface area contributed by atoms with Crippen molar-refractivity contribution >= 4 is 34.7 Å². The highest BCUT2D eigenvalue weighted by Gasteiger charge is 2.27. The molecule has 1 aliphatic rings. The van der Waals surface area contributed by atoms with Gasteiger partial charge in [-0.15, -0.1) is 0 Å². The maximum Gasteiger partial charge on any atom is 0.253 e. The lowest BCUT2D eigenvalue weighted by atomic mass is 10.0. The van der Waals surface area contributed by atoms with Crippen molar-refractivity contribution in [2.75, 3.05) is 35.2 Å². The Kier molecular flexibility index (Phi) is 7.96. The number of aryl methyl sites for hydroxylation is 1. The third-order valence-corrected chi connectivity index (χ3v) is 7.00. The molecule has 200 valence electrons. The van der Waals surface area contributed by atoms with E-state index in [1.54, 1.807) is 31.3 Å². The number of nitrogens with zero attached hydrogens (tertiary/aromatic N) is 5. The first-order valence-electron chi connectivity index (χ1n) is 13.2. The Hall–Kier alpha value is -4.53. The number of hydrogen-bond acceptors (Lipinski definition) is 7. The molecule has 0 unspecified atom stereocenters. The molecular weight excluding hydrogens is 493 g/mol. The van der Waals surface area contributed by atoms with Crippen LogP contribution in [0.3, 0.4) is 0 Å². The van der Waals surface area contributed by atoms with Crippen molar-refractivity contribution < 1.29 is 9.18 Å². The second-order valence-electron chi connectivity index (χ2n) is 9.57. The van der Waals surface area contributed by atoms with Gasteiger partial charge >= 0.3 is 0 Å². The molecule has 5 rings (SSSR count). The number of halogens is 1. The number of aromatic nitrogens is 3. The number of carbonyl (C=O) groups excluding carboxylic acids is 1. The highest BCUT2D eigenvalue weighted by atomic mass is 19.1. The Morgan fingerprint density at radius 3 is 2.38 bits per heavy atom. The lowest BCUT2D eigenvalue weighted by molar-refractivity contribution is 0.0712. The van der Waals surface area contributed by atoms with E-state index in [9.17, 15) is 9.18 Å². The fraction of sp³-hybridized carbons (Fsp3) is 0.267. The Morgan fingerprint density at radius 2 is 1.69 bits per heavy atom. The molecule has 0 radical (unpaired) electrons. The topological polar surface area (TPSA) is 86.3 Å². The molecule has 3 heterocycles. The fourth-order valence-corrected chi connectivity index (χ4v) is 4.93. The number of hydrogen-bond donors (Lipinski definition) is 2. The van der Waals surface area contributed by atoms with Crippen molar-refractivity contribution in [2.24, 2.45) is 0 Å². The van der Waals surface area contributed by atoms with Gasteiger partial charge in [-0.3, -0.25) is 9.78 Å². The first-order chi connectivity index (χ1) is 19.0. The third-order valence-electron chi connectivity index (χ3n) is 7.00. The molecule has 2 aromatic heterocycles. The average Bonchev–Trinajstić information content (AvgIpc) is 2.97. The molecule has 4 aromatic rings. The molecule has 2 aromatic carbocycles. The summed E-state index contributed by atoms with van der Waals surface area (Å²) >= 11 is 0. The zero-order valence-electron chi connectivity index (χ0n) is 22.1. The Bertz CT molecular complexity index is 1410. The largest absolute Gasteiger partial charge is 0.369 e. The smallest absolute Gasteiger partial charge is 0.253 e. The molecule has 1 amide bonds. The molecule has 9 heteroatoms. The quantitative estimate of drug-likeness (QED) is 0.295. The highest BCUT2D eigenvalue weighted by Crippen LogP contribution is 2.25. The van der Waals surface area contributed by atoms with Crippen molar-refractivity contribution in [3.63, 3.8) is 0 Å². The van der Waals surface area contributed by atoms with E-state index in [4.69, 9.17) is 0 Å². The maximum absolute atomic E-state index is 13.6. The van der Waals surface area contributed by atoms with Crippen LogP contribution in [0.4, 0.5) is 33.2 Å². The number of amides is 1. The Balaban J connectivity index is 1.17. The molecule has 0 aliphatic carbocycles. The molecule has 0 spiro atoms. The van der Waals surface area contributed by atoms with Crippen LogP contribution in [0.15, 0.2) is 79.3 Å². The van der Waals surface area contributed by atoms with Crippen molar-refractivity contribution in [1.82, 2.24) is 19.9 Å². The number of likely N-dealkylation sites (tertiary alicyclic amines) is 1. The van der Waals surface area contributed by atoms with E-state index in [2.05, 4.69) is 37.4 Å². The summed E-state index contributed by atoms with van der Waals surface area (Å²) in [5.41, 5.74) is 3.90. The standard InChI is InChI=1S/C30H32FN7O/c1-3-38(25-10-15-32-16-11-25)26-13-18-37(19-14-26)29(39)22-4-6-23(7-5-22)35-30-33-17-12-28(36-30)34-24-8-9-27(31)21(2)20-24/h4-12,15-17,20,26H,3,13-14,18-19H2,1-2H3,(H2,33,34,35,36). The van der Waals surface area contributed by atoms with E-state index >= 15 is 0 Å². The van der Waals surface area contributed by atoms with Gasteiger partial charge in [-0.25, -0.2) is 9.37 Å². The summed E-state index contributed by atoms with van der Waals surface area (Å²) in [5.74, 6) is 0.791. The lowest BCUT2D eigenvalue weighted by Gasteiger charge is -2.39. The number of benzene rings is 2. The van der Waals surface area contributed by atoms with Gasteiger partial charge in [0.05, 0.1) is 0 Å². The van der Waals surface area contributed by atoms with Crippen LogP contribution < -0.4 is 15.5 Å². The van der Waals surface area contributed by atoms with Gasteiger partial charge in [0.25, 0.3) is 5.91 Å². The SMILES string of the molecule is CCN(c1ccncc1)C1CCN(C(=O)c2ccc(Nc3nccc(Nc4ccc(F)c(C)c4)n3)cc2)CC1. The predicted octanol–water partition coefficient (Wildman–Crippen LogP) is 5.94. The van der Waals surface area contributed by atoms with Crippen LogP contribution in [0.1, 0.15) is 35.7 Å². The molecule has 0 saturated carbocycles. The van der Waals surface area contributed by atoms with Gasteiger partial charge in [0, 0.05) is 66.9 Å². The molecule has 0 bridgehead atoms. The molecule has 0 atom stereocenters. The van der Waals surface area contributed by atoms with Gasteiger partial charge in [-0.2, -0.15) is 4.98 Å². The second kappa shape index (κ2) is 11.9. The first-order valence-corrected chi connectivity index (χ1v) is 13.2. The summed E-state index contributed by atoms with van der Waals surface area (Å²) in [5, 5.41) is 6.35. The molecule has 1 saturated heterocycles. The number of piperidine rings is 1. The van der Waals surface area contributed by atoms with Crippen LogP contribution in [0.2, 0.25) is 0 Å².